The van der Waals surface area contributed by atoms with Crippen molar-refractivity contribution in [3.05, 3.63) is 209 Å². The van der Waals surface area contributed by atoms with Crippen molar-refractivity contribution in [2.45, 2.75) is 24.8 Å². The number of anilines is 1. The molecule has 4 nitrogen and oxygen atoms in total. The van der Waals surface area contributed by atoms with E-state index in [9.17, 15) is 0 Å². The van der Waals surface area contributed by atoms with E-state index in [0.29, 0.717) is 0 Å². The summed E-state index contributed by atoms with van der Waals surface area (Å²) in [5.74, 6) is 0.129. The highest BCUT2D eigenvalue weighted by Gasteiger charge is 2.32. The van der Waals surface area contributed by atoms with Crippen molar-refractivity contribution in [2.24, 2.45) is 0 Å². The Morgan fingerprint density at radius 2 is 1.36 bits per heavy atom. The van der Waals surface area contributed by atoms with Crippen molar-refractivity contribution in [3.63, 3.8) is 0 Å². The van der Waals surface area contributed by atoms with Gasteiger partial charge in [0.25, 0.3) is 0 Å². The zero-order valence-corrected chi connectivity index (χ0v) is 30.2. The third-order valence-electron chi connectivity index (χ3n) is 12.1. The van der Waals surface area contributed by atoms with Crippen LogP contribution < -0.4 is 5.32 Å². The van der Waals surface area contributed by atoms with Crippen LogP contribution in [0.5, 0.6) is 0 Å². The van der Waals surface area contributed by atoms with E-state index < -0.39 is 0 Å². The van der Waals surface area contributed by atoms with Crippen LogP contribution in [0.4, 0.5) is 5.69 Å². The third-order valence-corrected chi connectivity index (χ3v) is 12.1. The number of pyridine rings is 1. The first-order valence-electron chi connectivity index (χ1n) is 19.3. The zero-order chi connectivity index (χ0) is 36.0. The minimum atomic E-state index is -0.0781. The molecular weight excluding hydrogens is 669 g/mol. The van der Waals surface area contributed by atoms with Crippen molar-refractivity contribution in [1.29, 1.82) is 0 Å². The predicted octanol–water partition coefficient (Wildman–Crippen LogP) is 12.2. The highest BCUT2D eigenvalue weighted by molar-refractivity contribution is 5.94. The number of hydrogen-bond acceptors (Lipinski definition) is 2. The van der Waals surface area contributed by atoms with Crippen molar-refractivity contribution >= 4 is 28.3 Å². The second kappa shape index (κ2) is 11.8. The molecule has 1 N–H and O–H groups in total. The summed E-state index contributed by atoms with van der Waals surface area (Å²) in [6, 6.07) is 58.1. The van der Waals surface area contributed by atoms with Gasteiger partial charge >= 0.3 is 0 Å². The Morgan fingerprint density at radius 3 is 2.24 bits per heavy atom. The molecule has 0 amide bonds. The number of nitrogens with zero attached hydrogens (tertiary/aromatic N) is 3. The number of allylic oxidation sites excluding steroid dienone is 1. The number of imidazole rings is 1. The van der Waals surface area contributed by atoms with Crippen LogP contribution in [0.2, 0.25) is 0 Å². The van der Waals surface area contributed by atoms with E-state index in [2.05, 4.69) is 190 Å². The summed E-state index contributed by atoms with van der Waals surface area (Å²) in [6.45, 7) is 0. The van der Waals surface area contributed by atoms with E-state index in [0.717, 1.165) is 35.4 Å². The number of nitrogens with one attached hydrogen (secondary N) is 1. The fourth-order valence-corrected chi connectivity index (χ4v) is 9.75. The molecule has 0 spiro atoms. The number of fused-ring (bicyclic) bond motifs is 11. The molecule has 4 heterocycles. The largest absolute Gasteiger partial charge is 0.372 e. The summed E-state index contributed by atoms with van der Waals surface area (Å²) < 4.78 is 4.79. The first-order chi connectivity index (χ1) is 27.3. The molecule has 0 saturated carbocycles. The molecule has 2 aliphatic carbocycles. The van der Waals surface area contributed by atoms with Crippen LogP contribution in [0.3, 0.4) is 0 Å². The molecule has 1 unspecified atom stereocenters. The van der Waals surface area contributed by atoms with Gasteiger partial charge in [0.1, 0.15) is 5.65 Å². The van der Waals surface area contributed by atoms with Crippen LogP contribution in [0.25, 0.3) is 61.8 Å². The average molecular weight is 705 g/mol. The van der Waals surface area contributed by atoms with Gasteiger partial charge in [-0.25, -0.2) is 4.98 Å². The van der Waals surface area contributed by atoms with Gasteiger partial charge in [0, 0.05) is 45.7 Å². The SMILES string of the molecule is C1=Cc2c(n(-c3cc(-c4cccc(C5Nc6ccccc6-c6nc7ccccn7c65)c4)cc(C4c5ccccc5-c5ccccc54)c3)c3ccccc23)CC1. The first kappa shape index (κ1) is 30.5. The monoisotopic (exact) mass is 704 g/mol. The van der Waals surface area contributed by atoms with Gasteiger partial charge in [-0.1, -0.05) is 127 Å². The Kier molecular flexibility index (Phi) is 6.55. The Labute approximate surface area is 319 Å². The summed E-state index contributed by atoms with van der Waals surface area (Å²) in [5, 5.41) is 5.23. The average Bonchev–Trinajstić information content (AvgIpc) is 3.92. The quantitative estimate of drug-likeness (QED) is 0.198. The lowest BCUT2D eigenvalue weighted by atomic mass is 9.86. The van der Waals surface area contributed by atoms with Crippen LogP contribution in [-0.4, -0.2) is 14.0 Å². The van der Waals surface area contributed by atoms with E-state index in [-0.39, 0.29) is 12.0 Å². The Bertz CT molecular complexity index is 3000. The molecule has 1 aliphatic heterocycles. The molecule has 3 aromatic heterocycles. The normalized spacial score (nSPS) is 15.3. The molecule has 1 atom stereocenters. The summed E-state index contributed by atoms with van der Waals surface area (Å²) in [6.07, 6.45) is 8.86. The van der Waals surface area contributed by atoms with Crippen LogP contribution >= 0.6 is 0 Å². The number of hydrogen-bond donors (Lipinski definition) is 1. The second-order valence-corrected chi connectivity index (χ2v) is 15.1. The van der Waals surface area contributed by atoms with Crippen molar-refractivity contribution < 1.29 is 0 Å². The van der Waals surface area contributed by atoms with Crippen LogP contribution in [0, 0.1) is 0 Å². The molecular formula is C51H36N4. The smallest absolute Gasteiger partial charge is 0.137 e. The maximum absolute atomic E-state index is 5.16. The summed E-state index contributed by atoms with van der Waals surface area (Å²) in [4.78, 5) is 5.16. The standard InChI is InChI=1S/C51H36N4/c1-3-20-41-37(16-1)38-17-2-4-21-42(38)48(41)35-29-34(30-36(31-35)55-45-24-9-6-18-39(45)40-19-7-10-25-46(40)55)32-14-13-15-33(28-32)49-51-50(43-22-5-8-23-44(43)52-49)53-47-26-11-12-27-54(47)51/h1-9,11-24,26-31,48-49,52H,10,25H2. The highest BCUT2D eigenvalue weighted by Crippen LogP contribution is 2.49. The van der Waals surface area contributed by atoms with E-state index in [1.807, 2.05) is 0 Å². The number of para-hydroxylation sites is 2. The zero-order valence-electron chi connectivity index (χ0n) is 30.2. The lowest BCUT2D eigenvalue weighted by Gasteiger charge is -2.28. The summed E-state index contributed by atoms with van der Waals surface area (Å²) in [5.41, 5.74) is 20.9. The second-order valence-electron chi connectivity index (χ2n) is 15.1. The maximum Gasteiger partial charge on any atom is 0.137 e. The van der Waals surface area contributed by atoms with E-state index in [1.165, 1.54) is 78.0 Å². The molecule has 12 rings (SSSR count). The molecule has 55 heavy (non-hydrogen) atoms. The fourth-order valence-electron chi connectivity index (χ4n) is 9.75. The molecule has 6 aromatic carbocycles. The molecule has 0 bridgehead atoms. The van der Waals surface area contributed by atoms with Crippen molar-refractivity contribution in [3.8, 4) is 39.2 Å². The Balaban J connectivity index is 1.08. The third kappa shape index (κ3) is 4.55. The van der Waals surface area contributed by atoms with Crippen LogP contribution in [0.1, 0.15) is 57.6 Å². The van der Waals surface area contributed by atoms with Gasteiger partial charge in [-0.2, -0.15) is 0 Å². The van der Waals surface area contributed by atoms with Gasteiger partial charge in [0.2, 0.25) is 0 Å². The van der Waals surface area contributed by atoms with Crippen LogP contribution in [-0.2, 0) is 6.42 Å². The minimum Gasteiger partial charge on any atom is -0.372 e. The highest BCUT2D eigenvalue weighted by atomic mass is 15.1. The van der Waals surface area contributed by atoms with E-state index in [1.54, 1.807) is 0 Å². The molecule has 4 heteroatoms. The Morgan fingerprint density at radius 1 is 0.618 bits per heavy atom. The van der Waals surface area contributed by atoms with Gasteiger partial charge in [-0.15, -0.1) is 0 Å². The summed E-state index contributed by atoms with van der Waals surface area (Å²) >= 11 is 0. The van der Waals surface area contributed by atoms with Gasteiger partial charge in [-0.3, -0.25) is 0 Å². The molecule has 0 fully saturated rings. The number of benzene rings is 6. The maximum atomic E-state index is 5.16. The first-order valence-corrected chi connectivity index (χ1v) is 19.3. The van der Waals surface area contributed by atoms with Crippen LogP contribution in [0.15, 0.2) is 170 Å². The minimum absolute atomic E-state index is 0.0781. The lowest BCUT2D eigenvalue weighted by Crippen LogP contribution is -2.19. The number of aromatic nitrogens is 3. The van der Waals surface area contributed by atoms with Gasteiger partial charge in [-0.05, 0) is 99.8 Å². The van der Waals surface area contributed by atoms with Gasteiger partial charge < -0.3 is 14.3 Å². The molecule has 260 valence electrons. The van der Waals surface area contributed by atoms with Crippen molar-refractivity contribution in [2.75, 3.05) is 5.32 Å². The molecule has 9 aromatic rings. The Hall–Kier alpha value is -6.91. The molecule has 0 saturated heterocycles. The van der Waals surface area contributed by atoms with E-state index >= 15 is 0 Å². The predicted molar refractivity (Wildman–Crippen MR) is 225 cm³/mol. The lowest BCUT2D eigenvalue weighted by molar-refractivity contribution is 0.862. The molecule has 3 aliphatic rings. The van der Waals surface area contributed by atoms with Gasteiger partial charge in [0.05, 0.1) is 22.9 Å². The fraction of sp³-hybridized carbons (Fsp3) is 0.0784. The van der Waals surface area contributed by atoms with E-state index in [4.69, 9.17) is 4.98 Å². The number of rotatable bonds is 4. The van der Waals surface area contributed by atoms with Crippen molar-refractivity contribution in [1.82, 2.24) is 14.0 Å². The van der Waals surface area contributed by atoms with Gasteiger partial charge in [0.15, 0.2) is 0 Å². The topological polar surface area (TPSA) is 34.3 Å². The summed E-state index contributed by atoms with van der Waals surface area (Å²) in [7, 11) is 0. The molecule has 0 radical (unpaired) electrons.